The molecule has 1 aliphatic carbocycles. The zero-order valence-corrected chi connectivity index (χ0v) is 14.0. The lowest BCUT2D eigenvalue weighted by Crippen LogP contribution is -2.57. The van der Waals surface area contributed by atoms with Crippen LogP contribution in [0.25, 0.3) is 0 Å². The SMILES string of the molecule is CCNC1(C(N)=O)CCCC1CCSc1cccc(Cl)c1. The normalized spacial score (nSPS) is 25.1. The van der Waals surface area contributed by atoms with Gasteiger partial charge in [0, 0.05) is 9.92 Å². The first-order valence-electron chi connectivity index (χ1n) is 7.52. The van der Waals surface area contributed by atoms with Crippen LogP contribution in [0.3, 0.4) is 0 Å². The Morgan fingerprint density at radius 2 is 2.38 bits per heavy atom. The molecule has 3 N–H and O–H groups in total. The molecule has 1 aromatic rings. The molecule has 1 saturated carbocycles. The molecule has 2 atom stereocenters. The minimum atomic E-state index is -0.496. The molecule has 0 bridgehead atoms. The van der Waals surface area contributed by atoms with Crippen molar-refractivity contribution >= 4 is 29.3 Å². The molecule has 21 heavy (non-hydrogen) atoms. The highest BCUT2D eigenvalue weighted by Crippen LogP contribution is 2.39. The molecule has 0 aromatic heterocycles. The van der Waals surface area contributed by atoms with Crippen LogP contribution in [-0.4, -0.2) is 23.7 Å². The number of carbonyl (C=O) groups is 1. The summed E-state index contributed by atoms with van der Waals surface area (Å²) < 4.78 is 0. The molecule has 5 heteroatoms. The molecule has 3 nitrogen and oxygen atoms in total. The van der Waals surface area contributed by atoms with Crippen LogP contribution in [-0.2, 0) is 4.79 Å². The van der Waals surface area contributed by atoms with Crippen molar-refractivity contribution in [2.45, 2.75) is 43.0 Å². The molecule has 0 radical (unpaired) electrons. The number of hydrogen-bond acceptors (Lipinski definition) is 3. The second kappa shape index (κ2) is 7.52. The van der Waals surface area contributed by atoms with E-state index in [4.69, 9.17) is 17.3 Å². The number of hydrogen-bond donors (Lipinski definition) is 2. The zero-order chi connectivity index (χ0) is 15.3. The van der Waals surface area contributed by atoms with Crippen molar-refractivity contribution < 1.29 is 4.79 Å². The third kappa shape index (κ3) is 3.93. The maximum atomic E-state index is 11.9. The Balaban J connectivity index is 1.93. The van der Waals surface area contributed by atoms with Gasteiger partial charge in [-0.15, -0.1) is 11.8 Å². The standard InChI is InChI=1S/C16H23ClN2OS/c1-2-19-16(15(18)20)9-4-5-12(16)8-10-21-14-7-3-6-13(17)11-14/h3,6-7,11-12,19H,2,4-5,8-10H2,1H3,(H2,18,20). The largest absolute Gasteiger partial charge is 0.368 e. The molecule has 0 aliphatic heterocycles. The minimum Gasteiger partial charge on any atom is -0.368 e. The highest BCUT2D eigenvalue weighted by atomic mass is 35.5. The van der Waals surface area contributed by atoms with Gasteiger partial charge in [-0.2, -0.15) is 0 Å². The average molecular weight is 327 g/mol. The summed E-state index contributed by atoms with van der Waals surface area (Å²) in [4.78, 5) is 13.1. The maximum absolute atomic E-state index is 11.9. The third-order valence-electron chi connectivity index (χ3n) is 4.28. The highest BCUT2D eigenvalue weighted by Gasteiger charge is 2.46. The fourth-order valence-electron chi connectivity index (χ4n) is 3.30. The molecule has 1 fully saturated rings. The molecule has 0 saturated heterocycles. The van der Waals surface area contributed by atoms with Gasteiger partial charge in [0.2, 0.25) is 5.91 Å². The van der Waals surface area contributed by atoms with Crippen molar-refractivity contribution in [2.75, 3.05) is 12.3 Å². The van der Waals surface area contributed by atoms with Crippen molar-refractivity contribution in [1.29, 1.82) is 0 Å². The van der Waals surface area contributed by atoms with Crippen LogP contribution in [0.1, 0.15) is 32.6 Å². The Kier molecular flexibility index (Phi) is 5.97. The number of primary amides is 1. The van der Waals surface area contributed by atoms with Gasteiger partial charge in [-0.1, -0.05) is 31.0 Å². The van der Waals surface area contributed by atoms with Crippen LogP contribution in [0.5, 0.6) is 0 Å². The molecule has 1 amide bonds. The number of amides is 1. The molecule has 1 aliphatic rings. The lowest BCUT2D eigenvalue weighted by atomic mass is 9.84. The Morgan fingerprint density at radius 1 is 1.57 bits per heavy atom. The summed E-state index contributed by atoms with van der Waals surface area (Å²) in [5.41, 5.74) is 5.19. The van der Waals surface area contributed by atoms with Gasteiger partial charge in [-0.25, -0.2) is 0 Å². The van der Waals surface area contributed by atoms with E-state index in [0.717, 1.165) is 43.0 Å². The monoisotopic (exact) mass is 326 g/mol. The predicted octanol–water partition coefficient (Wildman–Crippen LogP) is 3.46. The Hall–Kier alpha value is -0.710. The van der Waals surface area contributed by atoms with Gasteiger partial charge < -0.3 is 11.1 Å². The van der Waals surface area contributed by atoms with Gasteiger partial charge in [0.25, 0.3) is 0 Å². The number of halogens is 1. The van der Waals surface area contributed by atoms with Gasteiger partial charge in [-0.3, -0.25) is 4.79 Å². The molecule has 0 heterocycles. The van der Waals surface area contributed by atoms with Gasteiger partial charge in [0.15, 0.2) is 0 Å². The number of thioether (sulfide) groups is 1. The van der Waals surface area contributed by atoms with E-state index >= 15 is 0 Å². The Labute approximate surface area is 136 Å². The summed E-state index contributed by atoms with van der Waals surface area (Å²) in [5, 5.41) is 4.12. The van der Waals surface area contributed by atoms with E-state index < -0.39 is 5.54 Å². The lowest BCUT2D eigenvalue weighted by Gasteiger charge is -2.33. The fourth-order valence-corrected chi connectivity index (χ4v) is 4.58. The summed E-state index contributed by atoms with van der Waals surface area (Å²) in [5.74, 6) is 1.12. The number of rotatable bonds is 7. The van der Waals surface area contributed by atoms with E-state index in [1.54, 1.807) is 11.8 Å². The maximum Gasteiger partial charge on any atom is 0.238 e. The molecular formula is C16H23ClN2OS. The van der Waals surface area contributed by atoms with E-state index in [1.807, 2.05) is 25.1 Å². The lowest BCUT2D eigenvalue weighted by molar-refractivity contribution is -0.125. The smallest absolute Gasteiger partial charge is 0.238 e. The first kappa shape index (κ1) is 16.7. The van der Waals surface area contributed by atoms with Crippen LogP contribution in [0.2, 0.25) is 5.02 Å². The van der Waals surface area contributed by atoms with Crippen LogP contribution in [0.15, 0.2) is 29.2 Å². The van der Waals surface area contributed by atoms with Crippen LogP contribution < -0.4 is 11.1 Å². The van der Waals surface area contributed by atoms with Crippen LogP contribution in [0.4, 0.5) is 0 Å². The van der Waals surface area contributed by atoms with Crippen molar-refractivity contribution in [3.05, 3.63) is 29.3 Å². The predicted molar refractivity (Wildman–Crippen MR) is 89.7 cm³/mol. The number of nitrogens with two attached hydrogens (primary N) is 1. The summed E-state index contributed by atoms with van der Waals surface area (Å²) in [7, 11) is 0. The molecule has 2 rings (SSSR count). The van der Waals surface area contributed by atoms with Crippen molar-refractivity contribution in [3.63, 3.8) is 0 Å². The van der Waals surface area contributed by atoms with Gasteiger partial charge in [0.1, 0.15) is 5.54 Å². The second-order valence-corrected chi connectivity index (χ2v) is 7.15. The van der Waals surface area contributed by atoms with Gasteiger partial charge >= 0.3 is 0 Å². The zero-order valence-electron chi connectivity index (χ0n) is 12.4. The third-order valence-corrected chi connectivity index (χ3v) is 5.55. The summed E-state index contributed by atoms with van der Waals surface area (Å²) >= 11 is 7.78. The summed E-state index contributed by atoms with van der Waals surface area (Å²) in [6.07, 6.45) is 4.00. The summed E-state index contributed by atoms with van der Waals surface area (Å²) in [6, 6.07) is 7.89. The Morgan fingerprint density at radius 3 is 3.05 bits per heavy atom. The molecule has 1 aromatic carbocycles. The Bertz CT molecular complexity index is 497. The van der Waals surface area contributed by atoms with E-state index in [-0.39, 0.29) is 5.91 Å². The number of likely N-dealkylation sites (N-methyl/N-ethyl adjacent to an activating group) is 1. The van der Waals surface area contributed by atoms with E-state index in [9.17, 15) is 4.79 Å². The quantitative estimate of drug-likeness (QED) is 0.754. The van der Waals surface area contributed by atoms with Crippen molar-refractivity contribution in [2.24, 2.45) is 11.7 Å². The summed E-state index contributed by atoms with van der Waals surface area (Å²) in [6.45, 7) is 2.81. The van der Waals surface area contributed by atoms with E-state index in [1.165, 1.54) is 4.90 Å². The second-order valence-electron chi connectivity index (χ2n) is 5.55. The molecular weight excluding hydrogens is 304 g/mol. The van der Waals surface area contributed by atoms with Gasteiger partial charge in [-0.05, 0) is 55.7 Å². The average Bonchev–Trinajstić information content (AvgIpc) is 2.84. The number of nitrogens with one attached hydrogen (secondary N) is 1. The fraction of sp³-hybridized carbons (Fsp3) is 0.562. The first-order valence-corrected chi connectivity index (χ1v) is 8.88. The number of carbonyl (C=O) groups excluding carboxylic acids is 1. The first-order chi connectivity index (χ1) is 10.1. The van der Waals surface area contributed by atoms with E-state index in [2.05, 4.69) is 11.4 Å². The molecule has 2 unspecified atom stereocenters. The molecule has 116 valence electrons. The minimum absolute atomic E-state index is 0.195. The van der Waals surface area contributed by atoms with Crippen molar-refractivity contribution in [1.82, 2.24) is 5.32 Å². The van der Waals surface area contributed by atoms with Gasteiger partial charge in [0.05, 0.1) is 0 Å². The highest BCUT2D eigenvalue weighted by molar-refractivity contribution is 7.99. The topological polar surface area (TPSA) is 55.1 Å². The van der Waals surface area contributed by atoms with E-state index in [0.29, 0.717) is 5.92 Å². The van der Waals surface area contributed by atoms with Crippen molar-refractivity contribution in [3.8, 4) is 0 Å². The van der Waals surface area contributed by atoms with Crippen LogP contribution >= 0.6 is 23.4 Å². The molecule has 0 spiro atoms. The van der Waals surface area contributed by atoms with Crippen LogP contribution in [0, 0.1) is 5.92 Å². The number of benzene rings is 1.